The molecule has 4 N–H and O–H groups in total. The van der Waals surface area contributed by atoms with E-state index in [2.05, 4.69) is 5.32 Å². The maximum absolute atomic E-state index is 10.7. The van der Waals surface area contributed by atoms with Gasteiger partial charge >= 0.3 is 0 Å². The van der Waals surface area contributed by atoms with Crippen LogP contribution in [0.3, 0.4) is 0 Å². The van der Waals surface area contributed by atoms with Gasteiger partial charge in [-0.3, -0.25) is 4.79 Å². The molecular formula is C7H16N2O2. The van der Waals surface area contributed by atoms with Crippen molar-refractivity contribution in [3.8, 4) is 0 Å². The van der Waals surface area contributed by atoms with E-state index >= 15 is 0 Å². The van der Waals surface area contributed by atoms with Gasteiger partial charge in [-0.2, -0.15) is 0 Å². The first-order valence-electron chi connectivity index (χ1n) is 3.79. The van der Waals surface area contributed by atoms with Gasteiger partial charge in [0.2, 0.25) is 5.91 Å². The molecule has 0 aliphatic heterocycles. The van der Waals surface area contributed by atoms with Gasteiger partial charge in [0.1, 0.15) is 0 Å². The van der Waals surface area contributed by atoms with Crippen LogP contribution in [0.25, 0.3) is 0 Å². The van der Waals surface area contributed by atoms with Crippen LogP contribution < -0.4 is 11.1 Å². The maximum Gasteiger partial charge on any atom is 0.234 e. The van der Waals surface area contributed by atoms with Crippen molar-refractivity contribution in [3.05, 3.63) is 0 Å². The highest BCUT2D eigenvalue weighted by Crippen LogP contribution is 1.96. The second-order valence-corrected chi connectivity index (χ2v) is 2.53. The second kappa shape index (κ2) is 5.09. The minimum absolute atomic E-state index is 0.0246. The Balaban J connectivity index is 3.78. The number of aliphatic hydroxyl groups is 1. The molecule has 0 heterocycles. The fourth-order valence-electron chi connectivity index (χ4n) is 0.829. The van der Waals surface area contributed by atoms with Crippen molar-refractivity contribution >= 4 is 5.91 Å². The van der Waals surface area contributed by atoms with Gasteiger partial charge in [0.15, 0.2) is 0 Å². The van der Waals surface area contributed by atoms with Crippen molar-refractivity contribution < 1.29 is 9.90 Å². The molecule has 2 atom stereocenters. The third kappa shape index (κ3) is 3.95. The summed E-state index contributed by atoms with van der Waals surface area (Å²) in [7, 11) is 0. The number of carbonyl (C=O) groups excluding carboxylic acids is 1. The number of nitrogens with two attached hydrogens (primary N) is 1. The van der Waals surface area contributed by atoms with Gasteiger partial charge in [-0.1, -0.05) is 6.92 Å². The molecule has 66 valence electrons. The molecule has 0 saturated heterocycles. The van der Waals surface area contributed by atoms with Crippen molar-refractivity contribution in [3.63, 3.8) is 0 Å². The van der Waals surface area contributed by atoms with Gasteiger partial charge in [-0.05, 0) is 13.3 Å². The molecule has 0 aliphatic rings. The molecule has 4 nitrogen and oxygen atoms in total. The van der Waals surface area contributed by atoms with Crippen LogP contribution in [0.15, 0.2) is 0 Å². The van der Waals surface area contributed by atoms with Gasteiger partial charge in [-0.15, -0.1) is 0 Å². The molecule has 0 spiro atoms. The van der Waals surface area contributed by atoms with Crippen LogP contribution in [0, 0.1) is 0 Å². The molecule has 0 aliphatic carbocycles. The Morgan fingerprint density at radius 1 is 1.73 bits per heavy atom. The lowest BCUT2D eigenvalue weighted by atomic mass is 10.1. The number of hydrogen-bond acceptors (Lipinski definition) is 3. The molecule has 11 heavy (non-hydrogen) atoms. The van der Waals surface area contributed by atoms with Crippen LogP contribution in [0.1, 0.15) is 20.3 Å². The van der Waals surface area contributed by atoms with Gasteiger partial charge in [-0.25, -0.2) is 0 Å². The molecule has 0 aromatic rings. The van der Waals surface area contributed by atoms with E-state index in [1.54, 1.807) is 6.92 Å². The fourth-order valence-corrected chi connectivity index (χ4v) is 0.829. The Morgan fingerprint density at radius 2 is 2.27 bits per heavy atom. The highest BCUT2D eigenvalue weighted by Gasteiger charge is 2.13. The van der Waals surface area contributed by atoms with Crippen LogP contribution >= 0.6 is 0 Å². The molecule has 1 amide bonds. The van der Waals surface area contributed by atoms with E-state index in [1.165, 1.54) is 0 Å². The quantitative estimate of drug-likeness (QED) is 0.505. The molecule has 0 radical (unpaired) electrons. The maximum atomic E-state index is 10.7. The first kappa shape index (κ1) is 10.4. The third-order valence-electron chi connectivity index (χ3n) is 1.55. The van der Waals surface area contributed by atoms with Crippen LogP contribution in [-0.2, 0) is 4.79 Å². The summed E-state index contributed by atoms with van der Waals surface area (Å²) in [6.45, 7) is 3.52. The summed E-state index contributed by atoms with van der Waals surface area (Å²) in [6.07, 6.45) is 0.194. The Hall–Kier alpha value is -0.610. The first-order chi connectivity index (χ1) is 5.11. The van der Waals surface area contributed by atoms with Gasteiger partial charge in [0.25, 0.3) is 0 Å². The highest BCUT2D eigenvalue weighted by atomic mass is 16.3. The van der Waals surface area contributed by atoms with Crippen LogP contribution in [0.4, 0.5) is 0 Å². The zero-order valence-corrected chi connectivity index (χ0v) is 7.00. The summed E-state index contributed by atoms with van der Waals surface area (Å²) in [6, 6.07) is -0.175. The van der Waals surface area contributed by atoms with Crippen LogP contribution in [0.2, 0.25) is 0 Å². The lowest BCUT2D eigenvalue weighted by Gasteiger charge is -2.18. The van der Waals surface area contributed by atoms with E-state index in [-0.39, 0.29) is 18.5 Å². The Bertz CT molecular complexity index is 126. The molecule has 0 aromatic carbocycles. The summed E-state index contributed by atoms with van der Waals surface area (Å²) < 4.78 is 0. The lowest BCUT2D eigenvalue weighted by molar-refractivity contribution is -0.121. The van der Waals surface area contributed by atoms with Crippen LogP contribution in [-0.4, -0.2) is 29.7 Å². The minimum atomic E-state index is -0.518. The molecule has 0 rings (SSSR count). The Labute approximate surface area is 66.8 Å². The van der Waals surface area contributed by atoms with Gasteiger partial charge in [0.05, 0.1) is 18.7 Å². The van der Waals surface area contributed by atoms with E-state index in [0.29, 0.717) is 6.42 Å². The van der Waals surface area contributed by atoms with E-state index in [9.17, 15) is 4.79 Å². The van der Waals surface area contributed by atoms with Crippen molar-refractivity contribution in [1.29, 1.82) is 0 Å². The summed E-state index contributed by atoms with van der Waals surface area (Å²) in [5, 5.41) is 11.7. The van der Waals surface area contributed by atoms with E-state index in [0.717, 1.165) is 0 Å². The summed E-state index contributed by atoms with van der Waals surface area (Å²) in [5.41, 5.74) is 5.08. The highest BCUT2D eigenvalue weighted by molar-refractivity contribution is 5.78. The van der Waals surface area contributed by atoms with Crippen molar-refractivity contribution in [2.45, 2.75) is 32.4 Å². The standard InChI is InChI=1S/C7H16N2O2/c1-3-6(5(2)10)9-7(11)4-8/h5-6,10H,3-4,8H2,1-2H3,(H,9,11)/t5?,6-/m0/s1. The first-order valence-corrected chi connectivity index (χ1v) is 3.79. The summed E-state index contributed by atoms with van der Waals surface area (Å²) in [5.74, 6) is -0.224. The Morgan fingerprint density at radius 3 is 2.55 bits per heavy atom. The number of nitrogens with one attached hydrogen (secondary N) is 1. The van der Waals surface area contributed by atoms with Crippen molar-refractivity contribution in [2.24, 2.45) is 5.73 Å². The third-order valence-corrected chi connectivity index (χ3v) is 1.55. The number of aliphatic hydroxyl groups excluding tert-OH is 1. The van der Waals surface area contributed by atoms with E-state index in [4.69, 9.17) is 10.8 Å². The largest absolute Gasteiger partial charge is 0.391 e. The number of hydrogen-bond donors (Lipinski definition) is 3. The van der Waals surface area contributed by atoms with Crippen molar-refractivity contribution in [1.82, 2.24) is 5.32 Å². The van der Waals surface area contributed by atoms with Crippen molar-refractivity contribution in [2.75, 3.05) is 6.54 Å². The smallest absolute Gasteiger partial charge is 0.234 e. The Kier molecular flexibility index (Phi) is 4.81. The molecule has 0 saturated carbocycles. The number of carbonyl (C=O) groups is 1. The predicted molar refractivity (Wildman–Crippen MR) is 43.0 cm³/mol. The zero-order chi connectivity index (χ0) is 8.85. The van der Waals surface area contributed by atoms with E-state index < -0.39 is 6.10 Å². The SMILES string of the molecule is CC[C@H](NC(=O)CN)C(C)O. The average Bonchev–Trinajstić information content (AvgIpc) is 1.99. The fraction of sp³-hybridized carbons (Fsp3) is 0.857. The second-order valence-electron chi connectivity index (χ2n) is 2.53. The number of amides is 1. The monoisotopic (exact) mass is 160 g/mol. The molecule has 1 unspecified atom stereocenters. The minimum Gasteiger partial charge on any atom is -0.391 e. The average molecular weight is 160 g/mol. The molecule has 0 aromatic heterocycles. The van der Waals surface area contributed by atoms with Gasteiger partial charge in [0, 0.05) is 0 Å². The van der Waals surface area contributed by atoms with Crippen LogP contribution in [0.5, 0.6) is 0 Å². The zero-order valence-electron chi connectivity index (χ0n) is 7.00. The summed E-state index contributed by atoms with van der Waals surface area (Å²) >= 11 is 0. The molecule has 0 fully saturated rings. The summed E-state index contributed by atoms with van der Waals surface area (Å²) in [4.78, 5) is 10.7. The molecule has 0 bridgehead atoms. The normalized spacial score (nSPS) is 15.6. The van der Waals surface area contributed by atoms with E-state index in [1.807, 2.05) is 6.92 Å². The predicted octanol–water partition coefficient (Wildman–Crippen LogP) is -0.779. The molecule has 4 heteroatoms. The number of rotatable bonds is 4. The lowest BCUT2D eigenvalue weighted by Crippen LogP contribution is -2.44. The van der Waals surface area contributed by atoms with Gasteiger partial charge < -0.3 is 16.2 Å². The topological polar surface area (TPSA) is 75.4 Å². The molecular weight excluding hydrogens is 144 g/mol.